The zero-order valence-electron chi connectivity index (χ0n) is 7.77. The molecule has 0 atom stereocenters. The van der Waals surface area contributed by atoms with Gasteiger partial charge < -0.3 is 4.74 Å². The van der Waals surface area contributed by atoms with E-state index < -0.39 is 0 Å². The molecule has 0 fully saturated rings. The fraction of sp³-hybridized carbons (Fsp3) is 0.333. The SMILES string of the molecule is COc1c(Br)cccc1CCN=[N+]=[N-]. The molecule has 0 radical (unpaired) electrons. The molecule has 0 heterocycles. The van der Waals surface area contributed by atoms with Crippen LogP contribution in [0.5, 0.6) is 5.75 Å². The van der Waals surface area contributed by atoms with Crippen molar-refractivity contribution in [3.05, 3.63) is 38.7 Å². The third kappa shape index (κ3) is 2.65. The van der Waals surface area contributed by atoms with E-state index in [2.05, 4.69) is 26.0 Å². The summed E-state index contributed by atoms with van der Waals surface area (Å²) in [5, 5.41) is 3.48. The van der Waals surface area contributed by atoms with Crippen LogP contribution in [-0.4, -0.2) is 13.7 Å². The average molecular weight is 256 g/mol. The minimum atomic E-state index is 0.448. The Morgan fingerprint density at radius 2 is 2.36 bits per heavy atom. The van der Waals surface area contributed by atoms with Gasteiger partial charge in [0.1, 0.15) is 5.75 Å². The molecule has 0 aromatic heterocycles. The summed E-state index contributed by atoms with van der Waals surface area (Å²) in [4.78, 5) is 2.70. The van der Waals surface area contributed by atoms with Crippen molar-refractivity contribution in [2.75, 3.05) is 13.7 Å². The van der Waals surface area contributed by atoms with Gasteiger partial charge in [-0.1, -0.05) is 17.2 Å². The van der Waals surface area contributed by atoms with Gasteiger partial charge in [-0.25, -0.2) is 0 Å². The summed E-state index contributed by atoms with van der Waals surface area (Å²) < 4.78 is 6.14. The first-order valence-corrected chi connectivity index (χ1v) is 4.91. The first kappa shape index (κ1) is 10.9. The van der Waals surface area contributed by atoms with Crippen molar-refractivity contribution < 1.29 is 4.74 Å². The first-order valence-electron chi connectivity index (χ1n) is 4.12. The van der Waals surface area contributed by atoms with E-state index in [1.165, 1.54) is 0 Å². The fourth-order valence-corrected chi connectivity index (χ4v) is 1.76. The molecule has 0 saturated heterocycles. The second-order valence-corrected chi connectivity index (χ2v) is 3.49. The van der Waals surface area contributed by atoms with Gasteiger partial charge in [-0.3, -0.25) is 0 Å². The summed E-state index contributed by atoms with van der Waals surface area (Å²) >= 11 is 3.39. The zero-order valence-corrected chi connectivity index (χ0v) is 9.36. The quantitative estimate of drug-likeness (QED) is 0.463. The first-order chi connectivity index (χ1) is 6.79. The molecule has 74 valence electrons. The van der Waals surface area contributed by atoms with Crippen molar-refractivity contribution in [2.24, 2.45) is 5.11 Å². The highest BCUT2D eigenvalue weighted by molar-refractivity contribution is 9.10. The summed E-state index contributed by atoms with van der Waals surface area (Å²) in [6.45, 7) is 0.448. The number of rotatable bonds is 4. The molecular formula is C9H10BrN3O. The molecule has 1 aromatic carbocycles. The van der Waals surface area contributed by atoms with Crippen LogP contribution in [0.25, 0.3) is 10.4 Å². The van der Waals surface area contributed by atoms with Gasteiger partial charge in [0.2, 0.25) is 0 Å². The molecule has 1 rings (SSSR count). The lowest BCUT2D eigenvalue weighted by molar-refractivity contribution is 0.407. The Morgan fingerprint density at radius 3 is 3.00 bits per heavy atom. The van der Waals surface area contributed by atoms with Crippen LogP contribution in [0.3, 0.4) is 0 Å². The molecule has 0 aliphatic rings. The summed E-state index contributed by atoms with van der Waals surface area (Å²) in [6.07, 6.45) is 0.687. The summed E-state index contributed by atoms with van der Waals surface area (Å²) in [6, 6.07) is 5.80. The standard InChI is InChI=1S/C9H10BrN3O/c1-14-9-7(5-6-12-13-11)3-2-4-8(9)10/h2-4H,5-6H2,1H3. The monoisotopic (exact) mass is 255 g/mol. The molecule has 0 spiro atoms. The van der Waals surface area contributed by atoms with E-state index in [-0.39, 0.29) is 0 Å². The van der Waals surface area contributed by atoms with Gasteiger partial charge in [-0.05, 0) is 39.5 Å². The van der Waals surface area contributed by atoms with Crippen molar-refractivity contribution >= 4 is 15.9 Å². The second-order valence-electron chi connectivity index (χ2n) is 2.64. The maximum Gasteiger partial charge on any atom is 0.136 e. The number of hydrogen-bond donors (Lipinski definition) is 0. The predicted octanol–water partition coefficient (Wildman–Crippen LogP) is 3.31. The van der Waals surface area contributed by atoms with Gasteiger partial charge in [0.25, 0.3) is 0 Å². The second kappa shape index (κ2) is 5.52. The van der Waals surface area contributed by atoms with Gasteiger partial charge in [-0.15, -0.1) is 0 Å². The van der Waals surface area contributed by atoms with Gasteiger partial charge in [0.05, 0.1) is 11.6 Å². The highest BCUT2D eigenvalue weighted by Gasteiger charge is 2.05. The molecule has 0 amide bonds. The summed E-state index contributed by atoms with van der Waals surface area (Å²) in [7, 11) is 1.62. The largest absolute Gasteiger partial charge is 0.495 e. The molecule has 1 aromatic rings. The molecule has 0 aliphatic heterocycles. The van der Waals surface area contributed by atoms with Crippen molar-refractivity contribution in [2.45, 2.75) is 6.42 Å². The molecular weight excluding hydrogens is 246 g/mol. The Kier molecular flexibility index (Phi) is 4.29. The number of benzene rings is 1. The number of nitrogens with zero attached hydrogens (tertiary/aromatic N) is 3. The maximum absolute atomic E-state index is 8.14. The number of methoxy groups -OCH3 is 1. The highest BCUT2D eigenvalue weighted by Crippen LogP contribution is 2.28. The summed E-state index contributed by atoms with van der Waals surface area (Å²) in [5.74, 6) is 0.806. The summed E-state index contributed by atoms with van der Waals surface area (Å²) in [5.41, 5.74) is 9.18. The lowest BCUT2D eigenvalue weighted by atomic mass is 10.1. The van der Waals surface area contributed by atoms with E-state index in [0.29, 0.717) is 13.0 Å². The molecule has 0 unspecified atom stereocenters. The Hall–Kier alpha value is -1.19. The number of azide groups is 1. The topological polar surface area (TPSA) is 58.0 Å². The number of ether oxygens (including phenoxy) is 1. The van der Waals surface area contributed by atoms with E-state index in [1.54, 1.807) is 7.11 Å². The van der Waals surface area contributed by atoms with Crippen LogP contribution in [0.15, 0.2) is 27.8 Å². The fourth-order valence-electron chi connectivity index (χ4n) is 1.19. The molecule has 14 heavy (non-hydrogen) atoms. The predicted molar refractivity (Wildman–Crippen MR) is 58.4 cm³/mol. The Balaban J connectivity index is 2.84. The van der Waals surface area contributed by atoms with E-state index in [9.17, 15) is 0 Å². The van der Waals surface area contributed by atoms with Crippen molar-refractivity contribution in [3.63, 3.8) is 0 Å². The van der Waals surface area contributed by atoms with Crippen molar-refractivity contribution in [1.29, 1.82) is 0 Å². The number of hydrogen-bond acceptors (Lipinski definition) is 2. The third-order valence-electron chi connectivity index (χ3n) is 1.80. The van der Waals surface area contributed by atoms with Gasteiger partial charge >= 0.3 is 0 Å². The lowest BCUT2D eigenvalue weighted by Gasteiger charge is -2.08. The van der Waals surface area contributed by atoms with Crippen LogP contribution in [-0.2, 0) is 6.42 Å². The van der Waals surface area contributed by atoms with Crippen LogP contribution in [0.4, 0.5) is 0 Å². The Labute approximate surface area is 90.6 Å². The van der Waals surface area contributed by atoms with Crippen LogP contribution in [0.1, 0.15) is 5.56 Å². The molecule has 0 aliphatic carbocycles. The molecule has 0 bridgehead atoms. The van der Waals surface area contributed by atoms with Crippen LogP contribution >= 0.6 is 15.9 Å². The van der Waals surface area contributed by atoms with Crippen LogP contribution in [0, 0.1) is 0 Å². The lowest BCUT2D eigenvalue weighted by Crippen LogP contribution is -1.95. The molecule has 5 heteroatoms. The van der Waals surface area contributed by atoms with Gasteiger partial charge in [-0.2, -0.15) is 0 Å². The van der Waals surface area contributed by atoms with Gasteiger partial charge in [0, 0.05) is 11.5 Å². The zero-order chi connectivity index (χ0) is 10.4. The minimum Gasteiger partial charge on any atom is -0.495 e. The normalized spacial score (nSPS) is 9.29. The maximum atomic E-state index is 8.14. The van der Waals surface area contributed by atoms with Crippen LogP contribution < -0.4 is 4.74 Å². The van der Waals surface area contributed by atoms with Crippen molar-refractivity contribution in [3.8, 4) is 5.75 Å². The number of halogens is 1. The van der Waals surface area contributed by atoms with Gasteiger partial charge in [0.15, 0.2) is 0 Å². The third-order valence-corrected chi connectivity index (χ3v) is 2.42. The Bertz CT molecular complexity index is 361. The molecule has 0 N–H and O–H groups in total. The van der Waals surface area contributed by atoms with E-state index >= 15 is 0 Å². The van der Waals surface area contributed by atoms with Crippen molar-refractivity contribution in [1.82, 2.24) is 0 Å². The smallest absolute Gasteiger partial charge is 0.136 e. The average Bonchev–Trinajstić information content (AvgIpc) is 2.18. The minimum absolute atomic E-state index is 0.448. The number of para-hydroxylation sites is 1. The Morgan fingerprint density at radius 1 is 1.57 bits per heavy atom. The van der Waals surface area contributed by atoms with E-state index in [0.717, 1.165) is 15.8 Å². The molecule has 0 saturated carbocycles. The van der Waals surface area contributed by atoms with Crippen LogP contribution in [0.2, 0.25) is 0 Å². The van der Waals surface area contributed by atoms with E-state index in [1.807, 2.05) is 18.2 Å². The highest BCUT2D eigenvalue weighted by atomic mass is 79.9. The molecule has 4 nitrogen and oxygen atoms in total. The van der Waals surface area contributed by atoms with E-state index in [4.69, 9.17) is 10.3 Å².